The van der Waals surface area contributed by atoms with Crippen LogP contribution in [0.25, 0.3) is 0 Å². The molecule has 1 aromatic rings. The van der Waals surface area contributed by atoms with Crippen LogP contribution in [0.4, 0.5) is 5.69 Å². The van der Waals surface area contributed by atoms with Crippen molar-refractivity contribution >= 4 is 17.6 Å². The van der Waals surface area contributed by atoms with Crippen LogP contribution >= 0.6 is 0 Å². The summed E-state index contributed by atoms with van der Waals surface area (Å²) in [4.78, 5) is 25.1. The number of nitrogens with zero attached hydrogens (tertiary/aromatic N) is 1. The quantitative estimate of drug-likeness (QED) is 0.272. The van der Waals surface area contributed by atoms with Crippen LogP contribution in [0.15, 0.2) is 36.9 Å². The molecule has 2 saturated heterocycles. The molecule has 0 bridgehead atoms. The average Bonchev–Trinajstić information content (AvgIpc) is 3.54. The molecule has 2 unspecified atom stereocenters. The van der Waals surface area contributed by atoms with E-state index in [9.17, 15) is 9.59 Å². The molecule has 2 aliphatic heterocycles. The summed E-state index contributed by atoms with van der Waals surface area (Å²) in [6.45, 7) is 6.52. The van der Waals surface area contributed by atoms with Crippen molar-refractivity contribution < 1.29 is 28.5 Å². The number of carbonyl (C=O) groups excluding carboxylic acids is 2. The van der Waals surface area contributed by atoms with Crippen LogP contribution in [0.5, 0.6) is 0 Å². The van der Waals surface area contributed by atoms with Gasteiger partial charge in [0.1, 0.15) is 13.2 Å². The van der Waals surface area contributed by atoms with Crippen LogP contribution in [-0.4, -0.2) is 63.7 Å². The molecule has 7 nitrogen and oxygen atoms in total. The van der Waals surface area contributed by atoms with Crippen LogP contribution in [0.2, 0.25) is 0 Å². The van der Waals surface area contributed by atoms with Gasteiger partial charge >= 0.3 is 11.9 Å². The van der Waals surface area contributed by atoms with E-state index in [4.69, 9.17) is 18.9 Å². The fourth-order valence-corrected chi connectivity index (χ4v) is 2.35. The zero-order valence-electron chi connectivity index (χ0n) is 13.9. The van der Waals surface area contributed by atoms with Crippen LogP contribution in [0, 0.1) is 0 Å². The second-order valence-electron chi connectivity index (χ2n) is 5.87. The summed E-state index contributed by atoms with van der Waals surface area (Å²) < 4.78 is 20.4. The van der Waals surface area contributed by atoms with Gasteiger partial charge in [0, 0.05) is 24.9 Å². The van der Waals surface area contributed by atoms with Crippen molar-refractivity contribution in [2.75, 3.05) is 44.4 Å². The Kier molecular flexibility index (Phi) is 5.67. The Balaban J connectivity index is 1.50. The smallest absolute Gasteiger partial charge is 0.338 e. The SMILES string of the molecule is C=CC(=O)OCCOC(=O)c1ccc(N(CC2CO2)CC2CO2)cc1. The zero-order chi connectivity index (χ0) is 17.6. The molecule has 0 N–H and O–H groups in total. The zero-order valence-corrected chi connectivity index (χ0v) is 13.9. The third kappa shape index (κ3) is 5.58. The second kappa shape index (κ2) is 8.13. The number of epoxide rings is 2. The first-order chi connectivity index (χ1) is 12.2. The molecule has 0 spiro atoms. The van der Waals surface area contributed by atoms with E-state index in [0.29, 0.717) is 5.56 Å². The Morgan fingerprint density at radius 3 is 2.16 bits per heavy atom. The predicted molar refractivity (Wildman–Crippen MR) is 89.6 cm³/mol. The molecule has 1 aromatic carbocycles. The Labute approximate surface area is 146 Å². The van der Waals surface area contributed by atoms with Crippen molar-refractivity contribution in [1.82, 2.24) is 0 Å². The van der Waals surface area contributed by atoms with Crippen LogP contribution < -0.4 is 4.90 Å². The highest BCUT2D eigenvalue weighted by molar-refractivity contribution is 5.89. The van der Waals surface area contributed by atoms with Crippen LogP contribution in [0.3, 0.4) is 0 Å². The normalized spacial score (nSPS) is 20.5. The molecular weight excluding hydrogens is 326 g/mol. The third-order valence-electron chi connectivity index (χ3n) is 3.85. The molecule has 7 heteroatoms. The maximum Gasteiger partial charge on any atom is 0.338 e. The second-order valence-corrected chi connectivity index (χ2v) is 5.87. The molecule has 2 fully saturated rings. The highest BCUT2D eigenvalue weighted by Crippen LogP contribution is 2.23. The lowest BCUT2D eigenvalue weighted by Crippen LogP contribution is -2.31. The summed E-state index contributed by atoms with van der Waals surface area (Å²) in [7, 11) is 0. The van der Waals surface area contributed by atoms with Crippen molar-refractivity contribution in [2.45, 2.75) is 12.2 Å². The topological polar surface area (TPSA) is 80.9 Å². The summed E-state index contributed by atoms with van der Waals surface area (Å²) in [5, 5.41) is 0. The van der Waals surface area contributed by atoms with Crippen LogP contribution in [0.1, 0.15) is 10.4 Å². The molecule has 2 atom stereocenters. The van der Waals surface area contributed by atoms with Gasteiger partial charge in [-0.05, 0) is 24.3 Å². The minimum atomic E-state index is -0.542. The summed E-state index contributed by atoms with van der Waals surface area (Å²) in [6.07, 6.45) is 1.62. The molecule has 0 aliphatic carbocycles. The fraction of sp³-hybridized carbons (Fsp3) is 0.444. The third-order valence-corrected chi connectivity index (χ3v) is 3.85. The lowest BCUT2D eigenvalue weighted by molar-refractivity contribution is -0.138. The monoisotopic (exact) mass is 347 g/mol. The van der Waals surface area contributed by atoms with E-state index < -0.39 is 11.9 Å². The first-order valence-corrected chi connectivity index (χ1v) is 8.20. The van der Waals surface area contributed by atoms with Gasteiger partial charge < -0.3 is 23.8 Å². The van der Waals surface area contributed by atoms with Crippen molar-refractivity contribution in [1.29, 1.82) is 0 Å². The van der Waals surface area contributed by atoms with Gasteiger partial charge in [-0.2, -0.15) is 0 Å². The minimum Gasteiger partial charge on any atom is -0.459 e. The fourth-order valence-electron chi connectivity index (χ4n) is 2.35. The number of hydrogen-bond acceptors (Lipinski definition) is 7. The molecule has 0 aromatic heterocycles. The Hall–Kier alpha value is -2.38. The number of carbonyl (C=O) groups is 2. The van der Waals surface area contributed by atoms with Gasteiger partial charge in [-0.3, -0.25) is 0 Å². The van der Waals surface area contributed by atoms with Gasteiger partial charge in [-0.15, -0.1) is 0 Å². The molecule has 0 saturated carbocycles. The largest absolute Gasteiger partial charge is 0.459 e. The van der Waals surface area contributed by atoms with Crippen molar-refractivity contribution in [3.8, 4) is 0 Å². The summed E-state index contributed by atoms with van der Waals surface area (Å²) >= 11 is 0. The van der Waals surface area contributed by atoms with Gasteiger partial charge in [0.05, 0.1) is 31.0 Å². The van der Waals surface area contributed by atoms with Crippen molar-refractivity contribution in [3.05, 3.63) is 42.5 Å². The van der Waals surface area contributed by atoms with Crippen molar-refractivity contribution in [2.24, 2.45) is 0 Å². The number of esters is 2. The van der Waals surface area contributed by atoms with Crippen molar-refractivity contribution in [3.63, 3.8) is 0 Å². The number of anilines is 1. The van der Waals surface area contributed by atoms with E-state index in [1.807, 2.05) is 12.1 Å². The number of benzene rings is 1. The predicted octanol–water partition coefficient (Wildman–Crippen LogP) is 1.18. The van der Waals surface area contributed by atoms with Gasteiger partial charge in [0.25, 0.3) is 0 Å². The summed E-state index contributed by atoms with van der Waals surface area (Å²) in [6, 6.07) is 7.22. The van der Waals surface area contributed by atoms with E-state index in [1.54, 1.807) is 12.1 Å². The van der Waals surface area contributed by atoms with E-state index in [0.717, 1.165) is 38.1 Å². The Bertz CT molecular complexity index is 607. The molecule has 2 heterocycles. The molecule has 0 amide bonds. The molecule has 3 rings (SSSR count). The van der Waals surface area contributed by atoms with Gasteiger partial charge in [-0.1, -0.05) is 6.58 Å². The Morgan fingerprint density at radius 2 is 1.64 bits per heavy atom. The average molecular weight is 347 g/mol. The van der Waals surface area contributed by atoms with Crippen LogP contribution in [-0.2, 0) is 23.7 Å². The summed E-state index contributed by atoms with van der Waals surface area (Å²) in [5.74, 6) is -0.997. The molecular formula is C18H21NO6. The molecule has 25 heavy (non-hydrogen) atoms. The summed E-state index contributed by atoms with van der Waals surface area (Å²) in [5.41, 5.74) is 1.46. The minimum absolute atomic E-state index is 0.00429. The van der Waals surface area contributed by atoms with E-state index in [1.165, 1.54) is 0 Å². The molecule has 134 valence electrons. The van der Waals surface area contributed by atoms with E-state index in [2.05, 4.69) is 11.5 Å². The van der Waals surface area contributed by atoms with E-state index in [-0.39, 0.29) is 25.4 Å². The van der Waals surface area contributed by atoms with Gasteiger partial charge in [-0.25, -0.2) is 9.59 Å². The number of hydrogen-bond donors (Lipinski definition) is 0. The maximum atomic E-state index is 12.0. The lowest BCUT2D eigenvalue weighted by atomic mass is 10.2. The number of rotatable bonds is 10. The molecule has 0 radical (unpaired) electrons. The highest BCUT2D eigenvalue weighted by Gasteiger charge is 2.30. The lowest BCUT2D eigenvalue weighted by Gasteiger charge is -2.23. The standard InChI is InChI=1S/C18H21NO6/c1-2-17(20)22-7-8-23-18(21)13-3-5-14(6-4-13)19(9-15-11-24-15)10-16-12-25-16/h2-6,15-16H,1,7-12H2. The highest BCUT2D eigenvalue weighted by atomic mass is 16.6. The first kappa shape index (κ1) is 17.4. The van der Waals surface area contributed by atoms with Gasteiger partial charge in [0.2, 0.25) is 0 Å². The Morgan fingerprint density at radius 1 is 1.08 bits per heavy atom. The molecule has 2 aliphatic rings. The van der Waals surface area contributed by atoms with Gasteiger partial charge in [0.15, 0.2) is 0 Å². The van der Waals surface area contributed by atoms with E-state index >= 15 is 0 Å². The first-order valence-electron chi connectivity index (χ1n) is 8.20. The number of ether oxygens (including phenoxy) is 4. The maximum absolute atomic E-state index is 12.0.